The van der Waals surface area contributed by atoms with Crippen LogP contribution in [0.4, 0.5) is 0 Å². The second-order valence-corrected chi connectivity index (χ2v) is 5.69. The van der Waals surface area contributed by atoms with Gasteiger partial charge in [-0.15, -0.1) is 0 Å². The molecule has 0 bridgehead atoms. The van der Waals surface area contributed by atoms with Crippen LogP contribution in [0.1, 0.15) is 6.42 Å². The summed E-state index contributed by atoms with van der Waals surface area (Å²) in [6, 6.07) is 0. The molecule has 0 rings (SSSR count). The first kappa shape index (κ1) is 18.2. The summed E-state index contributed by atoms with van der Waals surface area (Å²) in [7, 11) is 4.86. The van der Waals surface area contributed by atoms with Crippen molar-refractivity contribution in [2.45, 2.75) is 6.42 Å². The number of quaternary nitrogens is 2. The fourth-order valence-electron chi connectivity index (χ4n) is 1.99. The van der Waals surface area contributed by atoms with Crippen LogP contribution in [0, 0.1) is 0 Å². The molecule has 0 aliphatic heterocycles. The van der Waals surface area contributed by atoms with Crippen LogP contribution in [-0.2, 0) is 19.2 Å². The van der Waals surface area contributed by atoms with E-state index in [0.717, 1.165) is 0 Å². The van der Waals surface area contributed by atoms with E-state index in [-0.39, 0.29) is 23.9 Å². The van der Waals surface area contributed by atoms with Crippen molar-refractivity contribution < 1.29 is 38.4 Å². The summed E-state index contributed by atoms with van der Waals surface area (Å²) < 4.78 is -0.288. The Morgan fingerprint density at radius 2 is 1.45 bits per heavy atom. The number of hydrogen-bond acceptors (Lipinski definition) is 4. The summed E-state index contributed by atoms with van der Waals surface area (Å²) in [5.41, 5.74) is 0. The summed E-state index contributed by atoms with van der Waals surface area (Å²) in [5.74, 6) is -2.89. The summed E-state index contributed by atoms with van der Waals surface area (Å²) in [6.07, 6.45) is 0.559. The number of aldehydes is 1. The number of likely N-dealkylation sites (N-methyl/N-ethyl adjacent to an activating group) is 2. The van der Waals surface area contributed by atoms with Crippen LogP contribution in [0.25, 0.3) is 0 Å². The summed E-state index contributed by atoms with van der Waals surface area (Å²) in [5, 5.41) is 17.6. The molecule has 20 heavy (non-hydrogen) atoms. The lowest BCUT2D eigenvalue weighted by atomic mass is 10.2. The van der Waals surface area contributed by atoms with Gasteiger partial charge in [0.05, 0.1) is 34.2 Å². The number of hydrogen-bond donors (Lipinski definition) is 2. The van der Waals surface area contributed by atoms with Gasteiger partial charge in [0.1, 0.15) is 0 Å². The predicted molar refractivity (Wildman–Crippen MR) is 68.7 cm³/mol. The van der Waals surface area contributed by atoms with Gasteiger partial charge in [-0.2, -0.15) is 0 Å². The van der Waals surface area contributed by atoms with Gasteiger partial charge in [-0.25, -0.2) is 18.9 Å². The molecule has 1 amide bonds. The Labute approximate surface area is 117 Å². The summed E-state index contributed by atoms with van der Waals surface area (Å²) in [4.78, 5) is 43.6. The Hall–Kier alpha value is -1.80. The van der Waals surface area contributed by atoms with Crippen LogP contribution in [0.2, 0.25) is 0 Å². The van der Waals surface area contributed by atoms with E-state index in [1.54, 1.807) is 14.1 Å². The van der Waals surface area contributed by atoms with Crippen LogP contribution in [0.15, 0.2) is 0 Å². The molecule has 0 heterocycles. The lowest BCUT2D eigenvalue weighted by Crippen LogP contribution is -2.55. The first-order valence-electron chi connectivity index (χ1n) is 6.12. The van der Waals surface area contributed by atoms with E-state index in [2.05, 4.69) is 0 Å². The molecule has 0 aliphatic carbocycles. The highest BCUT2D eigenvalue weighted by molar-refractivity contribution is 6.20. The monoisotopic (exact) mass is 290 g/mol. The third-order valence-electron chi connectivity index (χ3n) is 3.10. The Morgan fingerprint density at radius 3 is 1.85 bits per heavy atom. The smallest absolute Gasteiger partial charge is 0.378 e. The van der Waals surface area contributed by atoms with Gasteiger partial charge in [-0.1, -0.05) is 0 Å². The normalized spacial score (nSPS) is 14.3. The van der Waals surface area contributed by atoms with Crippen molar-refractivity contribution in [2.24, 2.45) is 0 Å². The molecule has 0 radical (unpaired) electrons. The van der Waals surface area contributed by atoms with Gasteiger partial charge in [0, 0.05) is 6.42 Å². The van der Waals surface area contributed by atoms with Gasteiger partial charge in [0.25, 0.3) is 0 Å². The topological polar surface area (TPSA) is 109 Å². The van der Waals surface area contributed by atoms with Gasteiger partial charge in [-0.3, -0.25) is 4.79 Å². The average molecular weight is 290 g/mol. The standard InChI is InChI=1S/C12H20N2O6/c1-13(2,7-11(17)18)5-4-6-14(3,8-12(19)20)10(16)9-15/h9H,4-8H2,1-3H3/p+2. The maximum Gasteiger partial charge on any atom is 0.378 e. The minimum absolute atomic E-state index is 0.0652. The molecule has 0 aromatic carbocycles. The number of amides is 1. The molecule has 0 aliphatic rings. The van der Waals surface area contributed by atoms with E-state index >= 15 is 0 Å². The van der Waals surface area contributed by atoms with E-state index in [4.69, 9.17) is 10.2 Å². The molecule has 8 heteroatoms. The van der Waals surface area contributed by atoms with E-state index in [9.17, 15) is 19.2 Å². The highest BCUT2D eigenvalue weighted by Crippen LogP contribution is 2.07. The van der Waals surface area contributed by atoms with Gasteiger partial charge in [0.2, 0.25) is 6.29 Å². The Balaban J connectivity index is 4.63. The fraction of sp³-hybridized carbons (Fsp3) is 0.667. The first-order chi connectivity index (χ1) is 9.02. The lowest BCUT2D eigenvalue weighted by molar-refractivity contribution is -0.888. The molecule has 0 saturated carbocycles. The number of nitrogens with zero attached hydrogens (tertiary/aromatic N) is 2. The van der Waals surface area contributed by atoms with Crippen molar-refractivity contribution >= 4 is 24.1 Å². The maximum absolute atomic E-state index is 11.5. The number of carboxylic acid groups (broad SMARTS) is 2. The van der Waals surface area contributed by atoms with Crippen LogP contribution in [0.3, 0.4) is 0 Å². The van der Waals surface area contributed by atoms with Crippen LogP contribution in [-0.4, -0.2) is 90.6 Å². The minimum Gasteiger partial charge on any atom is -0.477 e. The molecular weight excluding hydrogens is 268 g/mol. The molecule has 0 spiro atoms. The van der Waals surface area contributed by atoms with Gasteiger partial charge in [-0.05, 0) is 0 Å². The molecule has 0 aromatic rings. The molecular formula is C12H22N2O6+2. The Bertz CT molecular complexity index is 407. The largest absolute Gasteiger partial charge is 0.477 e. The van der Waals surface area contributed by atoms with Crippen molar-refractivity contribution in [2.75, 3.05) is 47.3 Å². The third kappa shape index (κ3) is 6.39. The number of carbonyl (C=O) groups excluding carboxylic acids is 2. The third-order valence-corrected chi connectivity index (χ3v) is 3.10. The Morgan fingerprint density at radius 1 is 0.950 bits per heavy atom. The summed E-state index contributed by atoms with van der Waals surface area (Å²) in [6.45, 7) is 0.102. The van der Waals surface area contributed by atoms with Gasteiger partial charge in [0.15, 0.2) is 13.1 Å². The molecule has 0 saturated heterocycles. The van der Waals surface area contributed by atoms with Gasteiger partial charge < -0.3 is 14.7 Å². The van der Waals surface area contributed by atoms with E-state index < -0.39 is 28.9 Å². The van der Waals surface area contributed by atoms with E-state index in [1.807, 2.05) is 0 Å². The average Bonchev–Trinajstić information content (AvgIpc) is 2.24. The molecule has 1 unspecified atom stereocenters. The molecule has 2 N–H and O–H groups in total. The predicted octanol–water partition coefficient (Wildman–Crippen LogP) is -1.21. The second kappa shape index (κ2) is 7.11. The van der Waals surface area contributed by atoms with Crippen molar-refractivity contribution in [1.82, 2.24) is 0 Å². The maximum atomic E-state index is 11.5. The minimum atomic E-state index is -1.16. The fourth-order valence-corrected chi connectivity index (χ4v) is 1.99. The lowest BCUT2D eigenvalue weighted by Gasteiger charge is -2.31. The van der Waals surface area contributed by atoms with Crippen LogP contribution < -0.4 is 0 Å². The Kier molecular flexibility index (Phi) is 6.47. The second-order valence-electron chi connectivity index (χ2n) is 5.69. The van der Waals surface area contributed by atoms with Crippen molar-refractivity contribution in [3.63, 3.8) is 0 Å². The zero-order valence-electron chi connectivity index (χ0n) is 12.0. The molecule has 114 valence electrons. The first-order valence-corrected chi connectivity index (χ1v) is 6.12. The molecule has 8 nitrogen and oxygen atoms in total. The van der Waals surface area contributed by atoms with Crippen molar-refractivity contribution in [3.8, 4) is 0 Å². The number of carboxylic acids is 2. The molecule has 0 fully saturated rings. The van der Waals surface area contributed by atoms with Crippen LogP contribution >= 0.6 is 0 Å². The zero-order valence-corrected chi connectivity index (χ0v) is 12.0. The summed E-state index contributed by atoms with van der Waals surface area (Å²) >= 11 is 0. The zero-order chi connectivity index (χ0) is 16.0. The van der Waals surface area contributed by atoms with Crippen molar-refractivity contribution in [3.05, 3.63) is 0 Å². The number of aliphatic carboxylic acids is 2. The highest BCUT2D eigenvalue weighted by atomic mass is 16.4. The molecule has 0 aromatic heterocycles. The van der Waals surface area contributed by atoms with E-state index in [0.29, 0.717) is 13.0 Å². The van der Waals surface area contributed by atoms with Crippen molar-refractivity contribution in [1.29, 1.82) is 0 Å². The van der Waals surface area contributed by atoms with Crippen LogP contribution in [0.5, 0.6) is 0 Å². The van der Waals surface area contributed by atoms with Gasteiger partial charge >= 0.3 is 17.8 Å². The highest BCUT2D eigenvalue weighted by Gasteiger charge is 2.34. The SMILES string of the molecule is C[N+](C)(CCC[N+](C)(CC(=O)O)C(=O)C=O)CC(=O)O. The molecule has 1 atom stereocenters. The quantitative estimate of drug-likeness (QED) is 0.313. The number of rotatable bonds is 9. The number of carbonyl (C=O) groups is 4. The van der Waals surface area contributed by atoms with E-state index in [1.165, 1.54) is 7.05 Å².